The quantitative estimate of drug-likeness (QED) is 0.446. The lowest BCUT2D eigenvalue weighted by molar-refractivity contribution is 0.0914. The van der Waals surface area contributed by atoms with Crippen LogP contribution in [-0.4, -0.2) is 81.1 Å². The van der Waals surface area contributed by atoms with E-state index in [1.165, 1.54) is 0 Å². The third kappa shape index (κ3) is 5.11. The predicted octanol–water partition coefficient (Wildman–Crippen LogP) is 1.53. The minimum Gasteiger partial charge on any atom is -0.492 e. The van der Waals surface area contributed by atoms with E-state index in [0.29, 0.717) is 51.7 Å². The molecule has 9 nitrogen and oxygen atoms in total. The third-order valence-electron chi connectivity index (χ3n) is 4.41. The summed E-state index contributed by atoms with van der Waals surface area (Å²) in [6.07, 6.45) is -0.249. The van der Waals surface area contributed by atoms with Gasteiger partial charge in [0.05, 0.1) is 13.2 Å². The third-order valence-corrected chi connectivity index (χ3v) is 4.41. The zero-order valence-corrected chi connectivity index (χ0v) is 16.5. The zero-order chi connectivity index (χ0) is 19.8. The van der Waals surface area contributed by atoms with Gasteiger partial charge in [-0.25, -0.2) is 9.79 Å². The number of piperazine rings is 1. The van der Waals surface area contributed by atoms with Crippen LogP contribution in [0.1, 0.15) is 13.8 Å². The van der Waals surface area contributed by atoms with E-state index < -0.39 is 0 Å². The van der Waals surface area contributed by atoms with Crippen LogP contribution in [0.5, 0.6) is 17.2 Å². The van der Waals surface area contributed by atoms with Gasteiger partial charge in [-0.3, -0.25) is 0 Å². The highest BCUT2D eigenvalue weighted by Gasteiger charge is 2.23. The molecule has 0 aromatic heterocycles. The van der Waals surface area contributed by atoms with E-state index in [9.17, 15) is 4.79 Å². The molecule has 1 N–H and O–H groups in total. The normalized spacial score (nSPS) is 16.1. The number of nitrogens with zero attached hydrogens (tertiary/aromatic N) is 3. The van der Waals surface area contributed by atoms with E-state index in [1.54, 1.807) is 4.90 Å². The summed E-state index contributed by atoms with van der Waals surface area (Å²) in [7, 11) is 0. The number of hydrogen-bond donors (Lipinski definition) is 1. The highest BCUT2D eigenvalue weighted by molar-refractivity contribution is 5.80. The Hall–Kier alpha value is -2.84. The molecule has 2 heterocycles. The standard InChI is InChI=1S/C19H28N4O5/c1-3-20-18(22-8-10-23(11-9-22)19(24)25-4-2)21-7-12-26-15-5-6-16-17(13-15)28-14-27-16/h5-6,13H,3-4,7-12,14H2,1-2H3,(H,20,21). The van der Waals surface area contributed by atoms with E-state index >= 15 is 0 Å². The van der Waals surface area contributed by atoms with E-state index in [1.807, 2.05) is 32.0 Å². The SMILES string of the molecule is CCNC(=NCCOc1ccc2c(c1)OCO2)N1CCN(C(=O)OCC)CC1. The molecule has 28 heavy (non-hydrogen) atoms. The molecule has 2 aliphatic rings. The van der Waals surface area contributed by atoms with E-state index in [2.05, 4.69) is 15.2 Å². The molecule has 1 saturated heterocycles. The maximum absolute atomic E-state index is 11.8. The molecule has 0 radical (unpaired) electrons. The highest BCUT2D eigenvalue weighted by Crippen LogP contribution is 2.34. The van der Waals surface area contributed by atoms with Crippen molar-refractivity contribution < 1.29 is 23.7 Å². The minimum absolute atomic E-state index is 0.249. The van der Waals surface area contributed by atoms with Crippen LogP contribution in [-0.2, 0) is 4.74 Å². The van der Waals surface area contributed by atoms with Crippen molar-refractivity contribution in [3.8, 4) is 17.2 Å². The predicted molar refractivity (Wildman–Crippen MR) is 104 cm³/mol. The molecule has 0 aliphatic carbocycles. The number of guanidine groups is 1. The van der Waals surface area contributed by atoms with Gasteiger partial charge in [-0.05, 0) is 26.0 Å². The second-order valence-electron chi connectivity index (χ2n) is 6.27. The lowest BCUT2D eigenvalue weighted by Gasteiger charge is -2.35. The van der Waals surface area contributed by atoms with Crippen molar-refractivity contribution in [1.82, 2.24) is 15.1 Å². The van der Waals surface area contributed by atoms with Crippen molar-refractivity contribution in [1.29, 1.82) is 0 Å². The molecule has 0 unspecified atom stereocenters. The Morgan fingerprint density at radius 2 is 1.89 bits per heavy atom. The van der Waals surface area contributed by atoms with Crippen molar-refractivity contribution in [2.24, 2.45) is 4.99 Å². The molecule has 0 saturated carbocycles. The first kappa shape index (κ1) is 19.9. The average Bonchev–Trinajstić information content (AvgIpc) is 3.18. The van der Waals surface area contributed by atoms with Crippen LogP contribution in [0, 0.1) is 0 Å². The maximum Gasteiger partial charge on any atom is 0.409 e. The Labute approximate surface area is 165 Å². The molecule has 0 spiro atoms. The first-order valence-corrected chi connectivity index (χ1v) is 9.68. The Bertz CT molecular complexity index is 689. The largest absolute Gasteiger partial charge is 0.492 e. The van der Waals surface area contributed by atoms with Crippen molar-refractivity contribution in [2.45, 2.75) is 13.8 Å². The number of benzene rings is 1. The Morgan fingerprint density at radius 3 is 2.64 bits per heavy atom. The molecular formula is C19H28N4O5. The fraction of sp³-hybridized carbons (Fsp3) is 0.579. The molecule has 0 atom stereocenters. The van der Waals surface area contributed by atoms with Crippen LogP contribution in [0.4, 0.5) is 4.79 Å². The van der Waals surface area contributed by atoms with Crippen molar-refractivity contribution >= 4 is 12.1 Å². The summed E-state index contributed by atoms with van der Waals surface area (Å²) >= 11 is 0. The van der Waals surface area contributed by atoms with Gasteiger partial charge in [0, 0.05) is 38.8 Å². The molecular weight excluding hydrogens is 364 g/mol. The monoisotopic (exact) mass is 392 g/mol. The molecule has 1 amide bonds. The smallest absolute Gasteiger partial charge is 0.409 e. The van der Waals surface area contributed by atoms with Gasteiger partial charge in [-0.15, -0.1) is 0 Å². The van der Waals surface area contributed by atoms with Gasteiger partial charge in [-0.1, -0.05) is 0 Å². The second kappa shape index (κ2) is 9.91. The van der Waals surface area contributed by atoms with Gasteiger partial charge >= 0.3 is 6.09 Å². The first-order chi connectivity index (χ1) is 13.7. The van der Waals surface area contributed by atoms with E-state index in [-0.39, 0.29) is 12.9 Å². The van der Waals surface area contributed by atoms with Crippen LogP contribution in [0.3, 0.4) is 0 Å². The number of fused-ring (bicyclic) bond motifs is 1. The summed E-state index contributed by atoms with van der Waals surface area (Å²) in [6, 6.07) is 5.52. The summed E-state index contributed by atoms with van der Waals surface area (Å²) in [5, 5.41) is 3.30. The van der Waals surface area contributed by atoms with Crippen LogP contribution in [0.2, 0.25) is 0 Å². The topological polar surface area (TPSA) is 84.9 Å². The maximum atomic E-state index is 11.8. The lowest BCUT2D eigenvalue weighted by atomic mass is 10.3. The number of carbonyl (C=O) groups excluding carboxylic acids is 1. The summed E-state index contributed by atoms with van der Waals surface area (Å²) in [5.41, 5.74) is 0. The Kier molecular flexibility index (Phi) is 7.05. The van der Waals surface area contributed by atoms with Gasteiger partial charge in [0.2, 0.25) is 6.79 Å². The number of carbonyl (C=O) groups is 1. The number of rotatable bonds is 6. The molecule has 0 bridgehead atoms. The van der Waals surface area contributed by atoms with Gasteiger partial charge in [0.1, 0.15) is 12.4 Å². The average molecular weight is 392 g/mol. The Morgan fingerprint density at radius 1 is 1.14 bits per heavy atom. The first-order valence-electron chi connectivity index (χ1n) is 9.68. The van der Waals surface area contributed by atoms with E-state index in [0.717, 1.165) is 24.0 Å². The number of nitrogens with one attached hydrogen (secondary N) is 1. The number of amides is 1. The summed E-state index contributed by atoms with van der Waals surface area (Å²) in [5.74, 6) is 3.00. The highest BCUT2D eigenvalue weighted by atomic mass is 16.7. The van der Waals surface area contributed by atoms with Gasteiger partial charge in [0.15, 0.2) is 17.5 Å². The van der Waals surface area contributed by atoms with Crippen molar-refractivity contribution in [2.75, 3.05) is 59.3 Å². The summed E-state index contributed by atoms with van der Waals surface area (Å²) < 4.78 is 21.5. The van der Waals surface area contributed by atoms with Gasteiger partial charge < -0.3 is 34.1 Å². The van der Waals surface area contributed by atoms with Gasteiger partial charge in [-0.2, -0.15) is 0 Å². The molecule has 1 aromatic carbocycles. The lowest BCUT2D eigenvalue weighted by Crippen LogP contribution is -2.54. The fourth-order valence-corrected chi connectivity index (χ4v) is 3.02. The minimum atomic E-state index is -0.249. The van der Waals surface area contributed by atoms with Crippen LogP contribution in [0.15, 0.2) is 23.2 Å². The molecule has 154 valence electrons. The molecule has 1 aromatic rings. The molecule has 9 heteroatoms. The zero-order valence-electron chi connectivity index (χ0n) is 16.5. The molecule has 3 rings (SSSR count). The Balaban J connectivity index is 1.47. The van der Waals surface area contributed by atoms with Crippen molar-refractivity contribution in [3.05, 3.63) is 18.2 Å². The second-order valence-corrected chi connectivity index (χ2v) is 6.27. The summed E-state index contributed by atoms with van der Waals surface area (Å²) in [6.45, 7) is 8.93. The molecule has 2 aliphatic heterocycles. The van der Waals surface area contributed by atoms with Crippen molar-refractivity contribution in [3.63, 3.8) is 0 Å². The van der Waals surface area contributed by atoms with E-state index in [4.69, 9.17) is 18.9 Å². The van der Waals surface area contributed by atoms with Crippen LogP contribution < -0.4 is 19.5 Å². The molecule has 1 fully saturated rings. The summed E-state index contributed by atoms with van der Waals surface area (Å²) in [4.78, 5) is 20.4. The number of ether oxygens (including phenoxy) is 4. The van der Waals surface area contributed by atoms with Gasteiger partial charge in [0.25, 0.3) is 0 Å². The fourth-order valence-electron chi connectivity index (χ4n) is 3.02. The number of aliphatic imine (C=N–C) groups is 1. The number of hydrogen-bond acceptors (Lipinski definition) is 6. The van der Waals surface area contributed by atoms with Crippen LogP contribution >= 0.6 is 0 Å². The van der Waals surface area contributed by atoms with Crippen LogP contribution in [0.25, 0.3) is 0 Å².